The average molecular weight is 192 g/mol. The van der Waals surface area contributed by atoms with E-state index in [1.54, 1.807) is 0 Å². The molecule has 13 heavy (non-hydrogen) atoms. The SMILES string of the molecule is O=C(O)c1ncnc(C(F)F)c1F. The van der Waals surface area contributed by atoms with Gasteiger partial charge in [-0.05, 0) is 0 Å². The van der Waals surface area contributed by atoms with Gasteiger partial charge < -0.3 is 5.11 Å². The fraction of sp³-hybridized carbons (Fsp3) is 0.167. The van der Waals surface area contributed by atoms with Crippen LogP contribution in [0.3, 0.4) is 0 Å². The normalized spacial score (nSPS) is 10.5. The van der Waals surface area contributed by atoms with Crippen LogP contribution in [0.25, 0.3) is 0 Å². The van der Waals surface area contributed by atoms with Crippen LogP contribution in [0.4, 0.5) is 13.2 Å². The Balaban J connectivity index is 3.26. The summed E-state index contributed by atoms with van der Waals surface area (Å²) in [6.07, 6.45) is -2.57. The molecular formula is C6H3F3N2O2. The first-order chi connectivity index (χ1) is 6.04. The Kier molecular flexibility index (Phi) is 2.45. The van der Waals surface area contributed by atoms with Crippen LogP contribution in [0.1, 0.15) is 22.6 Å². The van der Waals surface area contributed by atoms with Crippen molar-refractivity contribution in [3.8, 4) is 0 Å². The Morgan fingerprint density at radius 2 is 2.08 bits per heavy atom. The largest absolute Gasteiger partial charge is 0.476 e. The first-order valence-electron chi connectivity index (χ1n) is 3.06. The van der Waals surface area contributed by atoms with Crippen LogP contribution in [0, 0.1) is 5.82 Å². The van der Waals surface area contributed by atoms with Crippen LogP contribution < -0.4 is 0 Å². The van der Waals surface area contributed by atoms with Crippen molar-refractivity contribution in [3.63, 3.8) is 0 Å². The average Bonchev–Trinajstić information content (AvgIpc) is 2.03. The summed E-state index contributed by atoms with van der Waals surface area (Å²) in [7, 11) is 0. The zero-order valence-corrected chi connectivity index (χ0v) is 6.04. The predicted octanol–water partition coefficient (Wildman–Crippen LogP) is 1.25. The number of aromatic carboxylic acids is 1. The molecule has 0 saturated heterocycles. The second-order valence-corrected chi connectivity index (χ2v) is 2.03. The minimum absolute atomic E-state index is 0.577. The van der Waals surface area contributed by atoms with Crippen molar-refractivity contribution in [2.24, 2.45) is 0 Å². The van der Waals surface area contributed by atoms with E-state index in [4.69, 9.17) is 5.11 Å². The van der Waals surface area contributed by atoms with Gasteiger partial charge in [-0.1, -0.05) is 0 Å². The predicted molar refractivity (Wildman–Crippen MR) is 33.9 cm³/mol. The van der Waals surface area contributed by atoms with Crippen molar-refractivity contribution in [2.45, 2.75) is 6.43 Å². The summed E-state index contributed by atoms with van der Waals surface area (Å²) in [5.41, 5.74) is -2.25. The fourth-order valence-electron chi connectivity index (χ4n) is 0.685. The number of hydrogen-bond acceptors (Lipinski definition) is 3. The standard InChI is InChI=1S/C6H3F3N2O2/c7-2-3(5(8)9)10-1-11-4(2)6(12)13/h1,5H,(H,12,13). The number of halogens is 3. The molecule has 7 heteroatoms. The van der Waals surface area contributed by atoms with Crippen molar-refractivity contribution in [3.05, 3.63) is 23.5 Å². The van der Waals surface area contributed by atoms with E-state index in [1.165, 1.54) is 0 Å². The lowest BCUT2D eigenvalue weighted by Gasteiger charge is -2.01. The van der Waals surface area contributed by atoms with Gasteiger partial charge >= 0.3 is 5.97 Å². The summed E-state index contributed by atoms with van der Waals surface area (Å²) >= 11 is 0. The van der Waals surface area contributed by atoms with Crippen molar-refractivity contribution in [1.29, 1.82) is 0 Å². The Hall–Kier alpha value is -1.66. The number of rotatable bonds is 2. The number of carboxylic acid groups (broad SMARTS) is 1. The summed E-state index contributed by atoms with van der Waals surface area (Å²) in [6, 6.07) is 0. The third-order valence-corrected chi connectivity index (χ3v) is 1.23. The third kappa shape index (κ3) is 1.74. The summed E-state index contributed by atoms with van der Waals surface area (Å²) < 4.78 is 36.7. The van der Waals surface area contributed by atoms with E-state index in [0.717, 1.165) is 0 Å². The van der Waals surface area contributed by atoms with E-state index in [0.29, 0.717) is 6.33 Å². The molecule has 1 heterocycles. The van der Waals surface area contributed by atoms with Gasteiger partial charge in [-0.15, -0.1) is 0 Å². The second kappa shape index (κ2) is 3.38. The Morgan fingerprint density at radius 3 is 2.54 bits per heavy atom. The van der Waals surface area contributed by atoms with Gasteiger partial charge in [-0.2, -0.15) is 0 Å². The molecule has 0 saturated carbocycles. The molecule has 0 atom stereocenters. The van der Waals surface area contributed by atoms with Gasteiger partial charge in [0, 0.05) is 0 Å². The lowest BCUT2D eigenvalue weighted by molar-refractivity contribution is 0.0682. The summed E-state index contributed by atoms with van der Waals surface area (Å²) in [6.45, 7) is 0. The Bertz CT molecular complexity index is 343. The van der Waals surface area contributed by atoms with Crippen LogP contribution in [0.15, 0.2) is 6.33 Å². The first kappa shape index (κ1) is 9.43. The molecule has 0 bridgehead atoms. The number of carbonyl (C=O) groups is 1. The Labute approximate surface area is 70.1 Å². The minimum atomic E-state index is -3.15. The zero-order valence-electron chi connectivity index (χ0n) is 6.04. The van der Waals surface area contributed by atoms with Crippen LogP contribution in [-0.2, 0) is 0 Å². The van der Waals surface area contributed by atoms with Gasteiger partial charge in [-0.25, -0.2) is 27.9 Å². The molecule has 0 spiro atoms. The maximum absolute atomic E-state index is 12.8. The molecule has 0 unspecified atom stereocenters. The van der Waals surface area contributed by atoms with E-state index >= 15 is 0 Å². The minimum Gasteiger partial charge on any atom is -0.476 e. The zero-order chi connectivity index (χ0) is 10.0. The molecule has 0 fully saturated rings. The smallest absolute Gasteiger partial charge is 0.357 e. The highest BCUT2D eigenvalue weighted by Gasteiger charge is 2.22. The van der Waals surface area contributed by atoms with E-state index in [1.807, 2.05) is 0 Å². The van der Waals surface area contributed by atoms with Crippen LogP contribution >= 0.6 is 0 Å². The first-order valence-corrected chi connectivity index (χ1v) is 3.06. The molecule has 0 aliphatic carbocycles. The number of aromatic nitrogens is 2. The number of alkyl halides is 2. The topological polar surface area (TPSA) is 63.1 Å². The maximum atomic E-state index is 12.8. The Morgan fingerprint density at radius 1 is 1.46 bits per heavy atom. The monoisotopic (exact) mass is 192 g/mol. The van der Waals surface area contributed by atoms with E-state index in [2.05, 4.69) is 9.97 Å². The molecule has 1 N–H and O–H groups in total. The molecule has 0 radical (unpaired) electrons. The molecule has 1 rings (SSSR count). The van der Waals surface area contributed by atoms with Gasteiger partial charge in [0.15, 0.2) is 11.5 Å². The molecule has 0 aliphatic heterocycles. The number of carboxylic acids is 1. The lowest BCUT2D eigenvalue weighted by atomic mass is 10.3. The van der Waals surface area contributed by atoms with Gasteiger partial charge in [0.2, 0.25) is 0 Å². The van der Waals surface area contributed by atoms with E-state index in [9.17, 15) is 18.0 Å². The second-order valence-electron chi connectivity index (χ2n) is 2.03. The van der Waals surface area contributed by atoms with E-state index < -0.39 is 29.6 Å². The fourth-order valence-corrected chi connectivity index (χ4v) is 0.685. The van der Waals surface area contributed by atoms with Crippen LogP contribution in [0.5, 0.6) is 0 Å². The number of hydrogen-bond donors (Lipinski definition) is 1. The third-order valence-electron chi connectivity index (χ3n) is 1.23. The lowest BCUT2D eigenvalue weighted by Crippen LogP contribution is -2.08. The van der Waals surface area contributed by atoms with Crippen molar-refractivity contribution < 1.29 is 23.1 Å². The highest BCUT2D eigenvalue weighted by Crippen LogP contribution is 2.20. The molecular weight excluding hydrogens is 189 g/mol. The highest BCUT2D eigenvalue weighted by molar-refractivity contribution is 5.85. The molecule has 4 nitrogen and oxygen atoms in total. The molecule has 1 aromatic rings. The highest BCUT2D eigenvalue weighted by atomic mass is 19.3. The van der Waals surface area contributed by atoms with Crippen molar-refractivity contribution in [1.82, 2.24) is 9.97 Å². The van der Waals surface area contributed by atoms with Crippen molar-refractivity contribution in [2.75, 3.05) is 0 Å². The maximum Gasteiger partial charge on any atom is 0.357 e. The molecule has 0 amide bonds. The van der Waals surface area contributed by atoms with Crippen molar-refractivity contribution >= 4 is 5.97 Å². The quantitative estimate of drug-likeness (QED) is 0.765. The summed E-state index contributed by atoms with van der Waals surface area (Å²) in [4.78, 5) is 16.1. The number of nitrogens with zero attached hydrogens (tertiary/aromatic N) is 2. The van der Waals surface area contributed by atoms with Gasteiger partial charge in [0.1, 0.15) is 12.0 Å². The summed E-state index contributed by atoms with van der Waals surface area (Å²) in [5, 5.41) is 8.30. The molecule has 0 aliphatic rings. The van der Waals surface area contributed by atoms with Crippen LogP contribution in [0.2, 0.25) is 0 Å². The molecule has 1 aromatic heterocycles. The van der Waals surface area contributed by atoms with Gasteiger partial charge in [-0.3, -0.25) is 0 Å². The summed E-state index contributed by atoms with van der Waals surface area (Å²) in [5.74, 6) is -3.30. The molecule has 0 aromatic carbocycles. The van der Waals surface area contributed by atoms with Gasteiger partial charge in [0.05, 0.1) is 0 Å². The van der Waals surface area contributed by atoms with E-state index in [-0.39, 0.29) is 0 Å². The molecule has 70 valence electrons. The van der Waals surface area contributed by atoms with Gasteiger partial charge in [0.25, 0.3) is 6.43 Å². The van der Waals surface area contributed by atoms with Crippen LogP contribution in [-0.4, -0.2) is 21.0 Å².